The first-order chi connectivity index (χ1) is 12.1. The molecule has 0 atom stereocenters. The van der Waals surface area contributed by atoms with Gasteiger partial charge in [-0.25, -0.2) is 4.98 Å². The number of amides is 2. The minimum atomic E-state index is -0.455. The standard InChI is InChI=1S/C19H18N4O2/c20-18(24)14-5-3-4-13(10-14)15-6-7-17-21-16(12-23(17)11-15)19(25)22-8-1-2-9-22/h3-7,10-12H,1-2,8-9H2,(H2,20,24). The van der Waals surface area contributed by atoms with Crippen molar-refractivity contribution in [3.05, 3.63) is 60.0 Å². The highest BCUT2D eigenvalue weighted by atomic mass is 16.2. The molecule has 0 unspecified atom stereocenters. The molecular weight excluding hydrogens is 316 g/mol. The fourth-order valence-corrected chi connectivity index (χ4v) is 3.20. The van der Waals surface area contributed by atoms with Crippen molar-refractivity contribution in [2.24, 2.45) is 5.73 Å². The summed E-state index contributed by atoms with van der Waals surface area (Å²) in [6.45, 7) is 1.61. The van der Waals surface area contributed by atoms with Crippen LogP contribution in [-0.2, 0) is 0 Å². The van der Waals surface area contributed by atoms with Gasteiger partial charge in [-0.2, -0.15) is 0 Å². The number of imidazole rings is 1. The Morgan fingerprint density at radius 2 is 1.80 bits per heavy atom. The monoisotopic (exact) mass is 334 g/mol. The van der Waals surface area contributed by atoms with E-state index in [4.69, 9.17) is 5.73 Å². The largest absolute Gasteiger partial charge is 0.366 e. The third-order valence-corrected chi connectivity index (χ3v) is 4.54. The Morgan fingerprint density at radius 3 is 2.56 bits per heavy atom. The van der Waals surface area contributed by atoms with E-state index >= 15 is 0 Å². The fourth-order valence-electron chi connectivity index (χ4n) is 3.20. The predicted octanol–water partition coefficient (Wildman–Crippen LogP) is 2.34. The van der Waals surface area contributed by atoms with Gasteiger partial charge < -0.3 is 15.0 Å². The van der Waals surface area contributed by atoms with Gasteiger partial charge in [0.1, 0.15) is 11.3 Å². The highest BCUT2D eigenvalue weighted by Crippen LogP contribution is 2.22. The first kappa shape index (κ1) is 15.4. The lowest BCUT2D eigenvalue weighted by molar-refractivity contribution is 0.0787. The first-order valence-corrected chi connectivity index (χ1v) is 8.30. The molecule has 1 saturated heterocycles. The number of carbonyl (C=O) groups excluding carboxylic acids is 2. The van der Waals surface area contributed by atoms with Gasteiger partial charge in [-0.3, -0.25) is 9.59 Å². The molecule has 25 heavy (non-hydrogen) atoms. The van der Waals surface area contributed by atoms with Gasteiger partial charge in [-0.05, 0) is 48.2 Å². The van der Waals surface area contributed by atoms with Crippen LogP contribution in [0, 0.1) is 0 Å². The highest BCUT2D eigenvalue weighted by Gasteiger charge is 2.21. The number of rotatable bonds is 3. The summed E-state index contributed by atoms with van der Waals surface area (Å²) in [5, 5.41) is 0. The zero-order valence-electron chi connectivity index (χ0n) is 13.7. The molecule has 1 aliphatic rings. The zero-order valence-corrected chi connectivity index (χ0v) is 13.7. The fraction of sp³-hybridized carbons (Fsp3) is 0.211. The van der Waals surface area contributed by atoms with Gasteiger partial charge in [0.2, 0.25) is 5.91 Å². The molecule has 0 spiro atoms. The lowest BCUT2D eigenvalue weighted by Gasteiger charge is -2.12. The number of hydrogen-bond acceptors (Lipinski definition) is 3. The minimum absolute atomic E-state index is 0.0153. The number of pyridine rings is 1. The van der Waals surface area contributed by atoms with Crippen LogP contribution in [-0.4, -0.2) is 39.2 Å². The Hall–Kier alpha value is -3.15. The third-order valence-electron chi connectivity index (χ3n) is 4.54. The molecule has 2 amide bonds. The van der Waals surface area contributed by atoms with E-state index in [9.17, 15) is 9.59 Å². The summed E-state index contributed by atoms with van der Waals surface area (Å²) in [6.07, 6.45) is 5.78. The summed E-state index contributed by atoms with van der Waals surface area (Å²) in [6, 6.07) is 11.0. The van der Waals surface area contributed by atoms with E-state index in [0.717, 1.165) is 42.7 Å². The van der Waals surface area contributed by atoms with E-state index in [0.29, 0.717) is 11.3 Å². The first-order valence-electron chi connectivity index (χ1n) is 8.30. The normalized spacial score (nSPS) is 14.2. The molecule has 2 aromatic heterocycles. The molecule has 3 aromatic rings. The quantitative estimate of drug-likeness (QED) is 0.798. The van der Waals surface area contributed by atoms with Gasteiger partial charge in [0.15, 0.2) is 0 Å². The number of nitrogens with two attached hydrogens (primary N) is 1. The topological polar surface area (TPSA) is 80.7 Å². The molecule has 1 fully saturated rings. The average Bonchev–Trinajstić information content (AvgIpc) is 3.30. The molecule has 1 aromatic carbocycles. The zero-order chi connectivity index (χ0) is 17.4. The van der Waals surface area contributed by atoms with Crippen LogP contribution < -0.4 is 5.73 Å². The Morgan fingerprint density at radius 1 is 1.00 bits per heavy atom. The third kappa shape index (κ3) is 2.87. The molecule has 126 valence electrons. The summed E-state index contributed by atoms with van der Waals surface area (Å²) in [5.41, 5.74) is 8.81. The second-order valence-corrected chi connectivity index (χ2v) is 6.25. The van der Waals surface area contributed by atoms with Crippen molar-refractivity contribution < 1.29 is 9.59 Å². The minimum Gasteiger partial charge on any atom is -0.366 e. The molecule has 6 heteroatoms. The van der Waals surface area contributed by atoms with Crippen molar-refractivity contribution in [3.8, 4) is 11.1 Å². The second kappa shape index (κ2) is 6.05. The number of carbonyl (C=O) groups is 2. The lowest BCUT2D eigenvalue weighted by atomic mass is 10.0. The number of nitrogens with zero attached hydrogens (tertiary/aromatic N) is 3. The Labute approximate surface area is 144 Å². The average molecular weight is 334 g/mol. The highest BCUT2D eigenvalue weighted by molar-refractivity contribution is 5.94. The van der Waals surface area contributed by atoms with Gasteiger partial charge in [0.25, 0.3) is 5.91 Å². The van der Waals surface area contributed by atoms with Crippen molar-refractivity contribution >= 4 is 17.5 Å². The van der Waals surface area contributed by atoms with E-state index in [1.807, 2.05) is 33.7 Å². The van der Waals surface area contributed by atoms with E-state index < -0.39 is 5.91 Å². The summed E-state index contributed by atoms with van der Waals surface area (Å²) < 4.78 is 1.84. The van der Waals surface area contributed by atoms with Crippen LogP contribution in [0.2, 0.25) is 0 Å². The number of primary amides is 1. The molecule has 1 aliphatic heterocycles. The summed E-state index contributed by atoms with van der Waals surface area (Å²) in [5.74, 6) is -0.470. The smallest absolute Gasteiger partial charge is 0.274 e. The van der Waals surface area contributed by atoms with Crippen LogP contribution in [0.4, 0.5) is 0 Å². The van der Waals surface area contributed by atoms with Crippen LogP contribution in [0.15, 0.2) is 48.8 Å². The molecule has 4 rings (SSSR count). The van der Waals surface area contributed by atoms with Crippen LogP contribution in [0.25, 0.3) is 16.8 Å². The van der Waals surface area contributed by atoms with Crippen molar-refractivity contribution in [1.82, 2.24) is 14.3 Å². The van der Waals surface area contributed by atoms with E-state index in [1.165, 1.54) is 0 Å². The summed E-state index contributed by atoms with van der Waals surface area (Å²) in [7, 11) is 0. The van der Waals surface area contributed by atoms with Crippen molar-refractivity contribution in [1.29, 1.82) is 0 Å². The van der Waals surface area contributed by atoms with Crippen LogP contribution in [0.3, 0.4) is 0 Å². The Kier molecular flexibility index (Phi) is 3.72. The number of aromatic nitrogens is 2. The number of hydrogen-bond donors (Lipinski definition) is 1. The Bertz CT molecular complexity index is 970. The summed E-state index contributed by atoms with van der Waals surface area (Å²) >= 11 is 0. The van der Waals surface area contributed by atoms with Crippen LogP contribution in [0.1, 0.15) is 33.7 Å². The molecule has 2 N–H and O–H groups in total. The second-order valence-electron chi connectivity index (χ2n) is 6.25. The molecule has 0 aliphatic carbocycles. The number of benzene rings is 1. The molecule has 3 heterocycles. The van der Waals surface area contributed by atoms with Gasteiger partial charge >= 0.3 is 0 Å². The van der Waals surface area contributed by atoms with E-state index in [1.54, 1.807) is 24.4 Å². The molecule has 0 radical (unpaired) electrons. The van der Waals surface area contributed by atoms with Crippen molar-refractivity contribution in [2.45, 2.75) is 12.8 Å². The van der Waals surface area contributed by atoms with Gasteiger partial charge in [-0.1, -0.05) is 12.1 Å². The number of fused-ring (bicyclic) bond motifs is 1. The molecule has 6 nitrogen and oxygen atoms in total. The van der Waals surface area contributed by atoms with Crippen molar-refractivity contribution in [3.63, 3.8) is 0 Å². The molecule has 0 bridgehead atoms. The molecular formula is C19H18N4O2. The van der Waals surface area contributed by atoms with Crippen LogP contribution >= 0.6 is 0 Å². The van der Waals surface area contributed by atoms with Gasteiger partial charge in [0.05, 0.1) is 0 Å². The molecule has 0 saturated carbocycles. The maximum atomic E-state index is 12.5. The Balaban J connectivity index is 1.69. The van der Waals surface area contributed by atoms with Gasteiger partial charge in [-0.15, -0.1) is 0 Å². The SMILES string of the molecule is NC(=O)c1cccc(-c2ccc3nc(C(=O)N4CCCC4)cn3c2)c1. The number of likely N-dealkylation sites (tertiary alicyclic amines) is 1. The van der Waals surface area contributed by atoms with Crippen LogP contribution in [0.5, 0.6) is 0 Å². The van der Waals surface area contributed by atoms with Crippen molar-refractivity contribution in [2.75, 3.05) is 13.1 Å². The lowest BCUT2D eigenvalue weighted by Crippen LogP contribution is -2.27. The van der Waals surface area contributed by atoms with E-state index in [-0.39, 0.29) is 5.91 Å². The van der Waals surface area contributed by atoms with E-state index in [2.05, 4.69) is 4.98 Å². The maximum absolute atomic E-state index is 12.5. The predicted molar refractivity (Wildman–Crippen MR) is 94.3 cm³/mol. The summed E-state index contributed by atoms with van der Waals surface area (Å²) in [4.78, 5) is 30.1. The van der Waals surface area contributed by atoms with Gasteiger partial charge in [0, 0.05) is 31.0 Å². The maximum Gasteiger partial charge on any atom is 0.274 e.